The molecule has 0 saturated heterocycles. The zero-order valence-electron chi connectivity index (χ0n) is 21.3. The van der Waals surface area contributed by atoms with E-state index >= 15 is 0 Å². The van der Waals surface area contributed by atoms with Crippen molar-refractivity contribution in [2.24, 2.45) is 0 Å². The summed E-state index contributed by atoms with van der Waals surface area (Å²) in [5.74, 6) is -0.0940. The molecule has 1 amide bonds. The maximum Gasteiger partial charge on any atom is 0.255 e. The lowest BCUT2D eigenvalue weighted by atomic mass is 10.0. The highest BCUT2D eigenvalue weighted by Gasteiger charge is 2.11. The number of hydrogen-bond acceptors (Lipinski definition) is 5. The molecule has 0 aliphatic carbocycles. The first-order chi connectivity index (χ1) is 17.6. The van der Waals surface area contributed by atoms with Gasteiger partial charge >= 0.3 is 0 Å². The van der Waals surface area contributed by atoms with E-state index in [1.165, 1.54) is 11.1 Å². The lowest BCUT2D eigenvalue weighted by Gasteiger charge is -2.21. The smallest absolute Gasteiger partial charge is 0.255 e. The third kappa shape index (κ3) is 6.86. The number of aryl methyl sites for hydroxylation is 1. The van der Waals surface area contributed by atoms with Crippen molar-refractivity contribution in [2.75, 3.05) is 18.4 Å². The number of amides is 1. The number of benzene rings is 2. The second kappa shape index (κ2) is 12.6. The van der Waals surface area contributed by atoms with Crippen molar-refractivity contribution >= 4 is 22.9 Å². The van der Waals surface area contributed by atoms with Crippen molar-refractivity contribution in [3.63, 3.8) is 0 Å². The molecule has 2 heterocycles. The molecular weight excluding hydrogens is 464 g/mol. The number of anilines is 1. The number of nitrogens with one attached hydrogen (secondary N) is 1. The summed E-state index contributed by atoms with van der Waals surface area (Å²) in [6.45, 7) is 9.63. The van der Waals surface area contributed by atoms with Crippen molar-refractivity contribution in [1.29, 1.82) is 0 Å². The van der Waals surface area contributed by atoms with Crippen molar-refractivity contribution in [1.82, 2.24) is 14.9 Å². The van der Waals surface area contributed by atoms with Crippen LogP contribution in [-0.4, -0.2) is 33.9 Å². The minimum absolute atomic E-state index is 0.0940. The molecule has 0 aliphatic rings. The molecular formula is C30H34N4OS. The highest BCUT2D eigenvalue weighted by Crippen LogP contribution is 2.25. The Kier molecular flexibility index (Phi) is 8.98. The minimum atomic E-state index is -0.0940. The van der Waals surface area contributed by atoms with Crippen molar-refractivity contribution in [2.45, 2.75) is 46.6 Å². The summed E-state index contributed by atoms with van der Waals surface area (Å²) in [5, 5.41) is 6.18. The van der Waals surface area contributed by atoms with Gasteiger partial charge in [0.2, 0.25) is 0 Å². The van der Waals surface area contributed by atoms with Gasteiger partial charge in [-0.05, 0) is 85.9 Å². The summed E-state index contributed by atoms with van der Waals surface area (Å²) in [4.78, 5) is 24.4. The quantitative estimate of drug-likeness (QED) is 0.242. The summed E-state index contributed by atoms with van der Waals surface area (Å²) >= 11 is 1.65. The van der Waals surface area contributed by atoms with E-state index in [4.69, 9.17) is 4.98 Å². The fourth-order valence-corrected chi connectivity index (χ4v) is 5.09. The van der Waals surface area contributed by atoms with Gasteiger partial charge in [0.25, 0.3) is 5.91 Å². The lowest BCUT2D eigenvalue weighted by molar-refractivity contribution is 0.102. The Morgan fingerprint density at radius 3 is 2.50 bits per heavy atom. The average Bonchev–Trinajstić information content (AvgIpc) is 3.36. The second-order valence-corrected chi connectivity index (χ2v) is 10.1. The van der Waals surface area contributed by atoms with Gasteiger partial charge in [-0.2, -0.15) is 0 Å². The molecule has 186 valence electrons. The predicted molar refractivity (Wildman–Crippen MR) is 150 cm³/mol. The number of thiazole rings is 1. The number of aromatic nitrogens is 2. The fraction of sp³-hybridized carbons (Fsp3) is 0.300. The molecule has 1 N–H and O–H groups in total. The van der Waals surface area contributed by atoms with Crippen molar-refractivity contribution in [3.05, 3.63) is 99.6 Å². The van der Waals surface area contributed by atoms with Crippen LogP contribution in [0.15, 0.2) is 72.4 Å². The Hall–Kier alpha value is -3.35. The van der Waals surface area contributed by atoms with Gasteiger partial charge in [-0.3, -0.25) is 14.7 Å². The van der Waals surface area contributed by atoms with Crippen LogP contribution in [0, 0.1) is 6.92 Å². The van der Waals surface area contributed by atoms with Crippen molar-refractivity contribution < 1.29 is 4.79 Å². The average molecular weight is 499 g/mol. The number of rotatable bonds is 11. The fourth-order valence-electron chi connectivity index (χ4n) is 4.27. The lowest BCUT2D eigenvalue weighted by Crippen LogP contribution is -2.24. The van der Waals surface area contributed by atoms with Gasteiger partial charge in [-0.1, -0.05) is 32.0 Å². The zero-order valence-corrected chi connectivity index (χ0v) is 22.1. The monoisotopic (exact) mass is 498 g/mol. The summed E-state index contributed by atoms with van der Waals surface area (Å²) in [7, 11) is 0. The highest BCUT2D eigenvalue weighted by atomic mass is 32.1. The first kappa shape index (κ1) is 25.7. The molecule has 0 radical (unpaired) electrons. The zero-order chi connectivity index (χ0) is 25.3. The van der Waals surface area contributed by atoms with E-state index in [9.17, 15) is 4.79 Å². The Balaban J connectivity index is 1.40. The highest BCUT2D eigenvalue weighted by molar-refractivity contribution is 7.10. The number of carbonyl (C=O) groups excluding carboxylic acids is 1. The van der Waals surface area contributed by atoms with E-state index in [1.54, 1.807) is 17.5 Å². The molecule has 0 saturated carbocycles. The van der Waals surface area contributed by atoms with E-state index in [-0.39, 0.29) is 5.91 Å². The summed E-state index contributed by atoms with van der Waals surface area (Å²) in [6.07, 6.45) is 6.61. The molecule has 4 rings (SSSR count). The van der Waals surface area contributed by atoms with Crippen LogP contribution in [0.2, 0.25) is 0 Å². The van der Waals surface area contributed by atoms with Gasteiger partial charge in [0.15, 0.2) is 0 Å². The summed E-state index contributed by atoms with van der Waals surface area (Å²) in [6, 6.07) is 18.0. The number of carbonyl (C=O) groups is 1. The van der Waals surface area contributed by atoms with Crippen LogP contribution in [0.1, 0.15) is 58.7 Å². The Morgan fingerprint density at radius 2 is 1.81 bits per heavy atom. The minimum Gasteiger partial charge on any atom is -0.322 e. The van der Waals surface area contributed by atoms with Crippen LogP contribution >= 0.6 is 11.3 Å². The molecule has 0 unspecified atom stereocenters. The SMILES string of the molecule is CCCN(CCC)Cc1ccc(C(=O)Nc2ccc(C)c(Cc3nc(-c4cccnc4)cs3)c2)cc1. The maximum atomic E-state index is 12.9. The Bertz CT molecular complexity index is 1260. The summed E-state index contributed by atoms with van der Waals surface area (Å²) in [5.41, 5.74) is 7.00. The second-order valence-electron chi connectivity index (χ2n) is 9.11. The van der Waals surface area contributed by atoms with E-state index < -0.39 is 0 Å². The van der Waals surface area contributed by atoms with Crippen molar-refractivity contribution in [3.8, 4) is 11.3 Å². The molecule has 36 heavy (non-hydrogen) atoms. The van der Waals surface area contributed by atoms with Gasteiger partial charge in [-0.25, -0.2) is 4.98 Å². The van der Waals surface area contributed by atoms with Crippen LogP contribution in [0.4, 0.5) is 5.69 Å². The van der Waals surface area contributed by atoms with Gasteiger partial charge in [-0.15, -0.1) is 11.3 Å². The van der Waals surface area contributed by atoms with Gasteiger partial charge in [0.05, 0.1) is 10.7 Å². The van der Waals surface area contributed by atoms with E-state index in [0.717, 1.165) is 66.4 Å². The molecule has 2 aromatic carbocycles. The first-order valence-electron chi connectivity index (χ1n) is 12.6. The predicted octanol–water partition coefficient (Wildman–Crippen LogP) is 6.98. The van der Waals surface area contributed by atoms with Crippen LogP contribution in [-0.2, 0) is 13.0 Å². The van der Waals surface area contributed by atoms with E-state index in [2.05, 4.69) is 65.6 Å². The van der Waals surface area contributed by atoms with Crippen LogP contribution in [0.25, 0.3) is 11.3 Å². The van der Waals surface area contributed by atoms with Gasteiger partial charge in [0.1, 0.15) is 0 Å². The Morgan fingerprint density at radius 1 is 1.03 bits per heavy atom. The third-order valence-electron chi connectivity index (χ3n) is 6.16. The topological polar surface area (TPSA) is 58.1 Å². The van der Waals surface area contributed by atoms with E-state index in [1.807, 2.05) is 36.5 Å². The molecule has 0 spiro atoms. The van der Waals surface area contributed by atoms with E-state index in [0.29, 0.717) is 5.56 Å². The van der Waals surface area contributed by atoms with Crippen LogP contribution in [0.5, 0.6) is 0 Å². The molecule has 0 bridgehead atoms. The van der Waals surface area contributed by atoms with Crippen LogP contribution < -0.4 is 5.32 Å². The molecule has 0 aliphatic heterocycles. The molecule has 2 aromatic heterocycles. The number of nitrogens with zero attached hydrogens (tertiary/aromatic N) is 3. The number of hydrogen-bond donors (Lipinski definition) is 1. The first-order valence-corrected chi connectivity index (χ1v) is 13.5. The van der Waals surface area contributed by atoms with Gasteiger partial charge in [0, 0.05) is 47.6 Å². The molecule has 4 aromatic rings. The summed E-state index contributed by atoms with van der Waals surface area (Å²) < 4.78 is 0. The largest absolute Gasteiger partial charge is 0.322 e. The third-order valence-corrected chi connectivity index (χ3v) is 7.01. The standard InChI is InChI=1S/C30H34N4OS/c1-4-15-34(16-5-2)20-23-9-11-24(12-10-23)30(35)32-27-13-8-22(3)26(17-27)18-29-33-28(21-36-29)25-7-6-14-31-19-25/h6-14,17,19,21H,4-5,15-16,18,20H2,1-3H3,(H,32,35). The molecule has 0 fully saturated rings. The number of pyridine rings is 1. The Labute approximate surface area is 218 Å². The normalized spacial score (nSPS) is 11.1. The molecule has 6 heteroatoms. The van der Waals surface area contributed by atoms with Gasteiger partial charge < -0.3 is 5.32 Å². The maximum absolute atomic E-state index is 12.9. The molecule has 0 atom stereocenters. The van der Waals surface area contributed by atoms with Crippen LogP contribution in [0.3, 0.4) is 0 Å². The molecule has 5 nitrogen and oxygen atoms in total.